The molecule has 32 heavy (non-hydrogen) atoms. The first-order valence-corrected chi connectivity index (χ1v) is 11.7. The zero-order valence-electron chi connectivity index (χ0n) is 18.8. The van der Waals surface area contributed by atoms with Crippen molar-refractivity contribution in [3.63, 3.8) is 0 Å². The van der Waals surface area contributed by atoms with Crippen LogP contribution >= 0.6 is 11.3 Å². The molecule has 1 N–H and O–H groups in total. The zero-order valence-corrected chi connectivity index (χ0v) is 19.6. The van der Waals surface area contributed by atoms with Gasteiger partial charge in [0.25, 0.3) is 0 Å². The largest absolute Gasteiger partial charge is 0.497 e. The fraction of sp³-hybridized carbons (Fsp3) is 0.360. The van der Waals surface area contributed by atoms with Crippen LogP contribution in [0, 0.1) is 6.92 Å². The quantitative estimate of drug-likeness (QED) is 0.523. The minimum absolute atomic E-state index is 0.0464. The number of rotatable bonds is 8. The van der Waals surface area contributed by atoms with Gasteiger partial charge in [-0.3, -0.25) is 9.69 Å². The lowest BCUT2D eigenvalue weighted by atomic mass is 10.0. The minimum Gasteiger partial charge on any atom is -0.497 e. The molecule has 1 aliphatic heterocycles. The van der Waals surface area contributed by atoms with Crippen molar-refractivity contribution in [2.45, 2.75) is 38.8 Å². The number of ether oxygens (including phenoxy) is 2. The van der Waals surface area contributed by atoms with Gasteiger partial charge in [0.15, 0.2) is 0 Å². The summed E-state index contributed by atoms with van der Waals surface area (Å²) in [5.41, 5.74) is 4.13. The smallest absolute Gasteiger partial charge is 0.231 e. The van der Waals surface area contributed by atoms with E-state index in [0.29, 0.717) is 0 Å². The Morgan fingerprint density at radius 1 is 1.19 bits per heavy atom. The Kier molecular flexibility index (Phi) is 7.07. The summed E-state index contributed by atoms with van der Waals surface area (Å²) in [4.78, 5) is 19.6. The van der Waals surface area contributed by atoms with Crippen LogP contribution in [0.1, 0.15) is 40.7 Å². The molecule has 4 rings (SSSR count). The van der Waals surface area contributed by atoms with Gasteiger partial charge in [-0.1, -0.05) is 17.7 Å². The topological polar surface area (TPSA) is 63.7 Å². The number of nitrogens with one attached hydrogen (secondary N) is 1. The highest BCUT2D eigenvalue weighted by Gasteiger charge is 2.29. The minimum atomic E-state index is -0.0464. The third kappa shape index (κ3) is 5.29. The Balaban J connectivity index is 1.40. The van der Waals surface area contributed by atoms with E-state index < -0.39 is 0 Å². The predicted molar refractivity (Wildman–Crippen MR) is 128 cm³/mol. The van der Waals surface area contributed by atoms with Gasteiger partial charge in [0, 0.05) is 29.2 Å². The summed E-state index contributed by atoms with van der Waals surface area (Å²) in [5, 5.41) is 5.84. The number of aromatic nitrogens is 1. The lowest BCUT2D eigenvalue weighted by molar-refractivity contribution is -0.115. The van der Waals surface area contributed by atoms with E-state index in [0.717, 1.165) is 59.4 Å². The van der Waals surface area contributed by atoms with Gasteiger partial charge in [-0.15, -0.1) is 11.3 Å². The van der Waals surface area contributed by atoms with Crippen LogP contribution in [0.4, 0.5) is 5.69 Å². The molecular weight excluding hydrogens is 422 g/mol. The summed E-state index contributed by atoms with van der Waals surface area (Å²) in [6.07, 6.45) is 2.48. The van der Waals surface area contributed by atoms with Crippen molar-refractivity contribution in [3.8, 4) is 11.5 Å². The van der Waals surface area contributed by atoms with Gasteiger partial charge >= 0.3 is 0 Å². The second-order valence-corrected chi connectivity index (χ2v) is 9.00. The van der Waals surface area contributed by atoms with Crippen molar-refractivity contribution >= 4 is 22.9 Å². The van der Waals surface area contributed by atoms with E-state index in [2.05, 4.69) is 21.7 Å². The van der Waals surface area contributed by atoms with Crippen LogP contribution in [-0.2, 0) is 17.8 Å². The molecular formula is C25H29N3O3S. The number of carbonyl (C=O) groups is 1. The van der Waals surface area contributed by atoms with Gasteiger partial charge < -0.3 is 14.8 Å². The average molecular weight is 452 g/mol. The second kappa shape index (κ2) is 10.1. The molecule has 0 aliphatic carbocycles. The normalized spacial score (nSPS) is 16.2. The Bertz CT molecular complexity index is 1060. The van der Waals surface area contributed by atoms with E-state index in [4.69, 9.17) is 14.5 Å². The number of hydrogen-bond acceptors (Lipinski definition) is 6. The molecule has 0 saturated carbocycles. The van der Waals surface area contributed by atoms with Crippen LogP contribution in [-0.4, -0.2) is 36.6 Å². The van der Waals surface area contributed by atoms with Crippen molar-refractivity contribution < 1.29 is 14.3 Å². The molecule has 1 aliphatic rings. The van der Waals surface area contributed by atoms with Gasteiger partial charge in [-0.2, -0.15) is 0 Å². The number of thiazole rings is 1. The summed E-state index contributed by atoms with van der Waals surface area (Å²) in [6, 6.07) is 14.0. The Labute approximate surface area is 193 Å². The number of amides is 1. The highest BCUT2D eigenvalue weighted by molar-refractivity contribution is 7.09. The molecule has 1 saturated heterocycles. The highest BCUT2D eigenvalue weighted by Crippen LogP contribution is 2.39. The van der Waals surface area contributed by atoms with Crippen LogP contribution in [0.2, 0.25) is 0 Å². The standard InChI is InChI=1S/C25H29N3O3S/c1-17-6-8-18(9-7-17)26-24(29)14-25-27-19(16-32-25)15-28-12-4-5-22(28)21-13-20(30-2)10-11-23(21)31-3/h6-11,13,16,22H,4-5,12,14-15H2,1-3H3,(H,26,29)/t22-/m0/s1. The van der Waals surface area contributed by atoms with E-state index in [9.17, 15) is 4.79 Å². The molecule has 6 nitrogen and oxygen atoms in total. The third-order valence-electron chi connectivity index (χ3n) is 5.77. The maximum atomic E-state index is 12.4. The zero-order chi connectivity index (χ0) is 22.5. The molecule has 168 valence electrons. The van der Waals surface area contributed by atoms with Crippen molar-refractivity contribution in [2.75, 3.05) is 26.1 Å². The fourth-order valence-electron chi connectivity index (χ4n) is 4.16. The van der Waals surface area contributed by atoms with E-state index in [1.807, 2.05) is 43.3 Å². The van der Waals surface area contributed by atoms with Crippen LogP contribution in [0.5, 0.6) is 11.5 Å². The van der Waals surface area contributed by atoms with Crippen molar-refractivity contribution in [2.24, 2.45) is 0 Å². The van der Waals surface area contributed by atoms with E-state index >= 15 is 0 Å². The summed E-state index contributed by atoms with van der Waals surface area (Å²) in [5.74, 6) is 1.67. The molecule has 1 atom stereocenters. The molecule has 2 aromatic carbocycles. The van der Waals surface area contributed by atoms with E-state index in [-0.39, 0.29) is 18.4 Å². The first kappa shape index (κ1) is 22.3. The van der Waals surface area contributed by atoms with Crippen LogP contribution in [0.3, 0.4) is 0 Å². The first-order chi connectivity index (χ1) is 15.6. The van der Waals surface area contributed by atoms with Crippen LogP contribution in [0.25, 0.3) is 0 Å². The second-order valence-electron chi connectivity index (χ2n) is 8.06. The number of methoxy groups -OCH3 is 2. The lowest BCUT2D eigenvalue weighted by Gasteiger charge is -2.25. The van der Waals surface area contributed by atoms with Gasteiger partial charge in [-0.25, -0.2) is 4.98 Å². The van der Waals surface area contributed by atoms with Crippen molar-refractivity contribution in [3.05, 3.63) is 69.7 Å². The van der Waals surface area contributed by atoms with E-state index in [1.54, 1.807) is 25.6 Å². The average Bonchev–Trinajstić information content (AvgIpc) is 3.44. The molecule has 0 unspecified atom stereocenters. The number of nitrogens with zero attached hydrogens (tertiary/aromatic N) is 2. The van der Waals surface area contributed by atoms with Crippen LogP contribution < -0.4 is 14.8 Å². The number of carbonyl (C=O) groups excluding carboxylic acids is 1. The van der Waals surface area contributed by atoms with Gasteiger partial charge in [0.1, 0.15) is 16.5 Å². The molecule has 0 spiro atoms. The van der Waals surface area contributed by atoms with Gasteiger partial charge in [-0.05, 0) is 56.6 Å². The van der Waals surface area contributed by atoms with Crippen LogP contribution in [0.15, 0.2) is 47.8 Å². The Morgan fingerprint density at radius 3 is 2.75 bits per heavy atom. The Morgan fingerprint density at radius 2 is 2.00 bits per heavy atom. The maximum Gasteiger partial charge on any atom is 0.231 e. The predicted octanol–water partition coefficient (Wildman–Crippen LogP) is 4.99. The SMILES string of the molecule is COc1ccc(OC)c([C@@H]2CCCN2Cc2csc(CC(=O)Nc3ccc(C)cc3)n2)c1. The third-order valence-corrected chi connectivity index (χ3v) is 6.67. The number of hydrogen-bond donors (Lipinski definition) is 1. The van der Waals surface area contributed by atoms with Crippen molar-refractivity contribution in [1.82, 2.24) is 9.88 Å². The van der Waals surface area contributed by atoms with Crippen molar-refractivity contribution in [1.29, 1.82) is 0 Å². The number of aryl methyl sites for hydroxylation is 1. The highest BCUT2D eigenvalue weighted by atomic mass is 32.1. The van der Waals surface area contributed by atoms with Gasteiger partial charge in [0.05, 0.1) is 26.3 Å². The molecule has 1 fully saturated rings. The van der Waals surface area contributed by atoms with Gasteiger partial charge in [0.2, 0.25) is 5.91 Å². The molecule has 1 amide bonds. The monoisotopic (exact) mass is 451 g/mol. The number of benzene rings is 2. The molecule has 2 heterocycles. The summed E-state index contributed by atoms with van der Waals surface area (Å²) in [6.45, 7) is 3.78. The summed E-state index contributed by atoms with van der Waals surface area (Å²) >= 11 is 1.54. The Hall–Kier alpha value is -2.90. The first-order valence-electron chi connectivity index (χ1n) is 10.8. The summed E-state index contributed by atoms with van der Waals surface area (Å²) in [7, 11) is 3.39. The fourth-order valence-corrected chi connectivity index (χ4v) is 4.94. The lowest BCUT2D eigenvalue weighted by Crippen LogP contribution is -2.23. The van der Waals surface area contributed by atoms with E-state index in [1.165, 1.54) is 5.56 Å². The molecule has 7 heteroatoms. The molecule has 3 aromatic rings. The number of anilines is 1. The molecule has 0 radical (unpaired) electrons. The number of likely N-dealkylation sites (tertiary alicyclic amines) is 1. The molecule has 1 aromatic heterocycles. The summed E-state index contributed by atoms with van der Waals surface area (Å²) < 4.78 is 11.1. The maximum absolute atomic E-state index is 12.4. The molecule has 0 bridgehead atoms.